The molecule has 1 aromatic heterocycles. The van der Waals surface area contributed by atoms with Crippen molar-refractivity contribution in [2.75, 3.05) is 6.61 Å². The summed E-state index contributed by atoms with van der Waals surface area (Å²) < 4.78 is 5.51. The molecule has 0 aromatic carbocycles. The molecule has 1 aromatic rings. The van der Waals surface area contributed by atoms with Gasteiger partial charge >= 0.3 is 0 Å². The molecule has 3 atom stereocenters. The molecule has 3 unspecified atom stereocenters. The predicted octanol–water partition coefficient (Wildman–Crippen LogP) is 0.625. The summed E-state index contributed by atoms with van der Waals surface area (Å²) in [7, 11) is 0. The molecule has 5 heteroatoms. The Hall–Kier alpha value is -1.46. The SMILES string of the molecule is CCOC1CC(N)C1NC(=O)c1ccnc(C)c1. The minimum Gasteiger partial charge on any atom is -0.376 e. The molecule has 3 N–H and O–H groups in total. The van der Waals surface area contributed by atoms with Gasteiger partial charge in [-0.05, 0) is 32.4 Å². The van der Waals surface area contributed by atoms with E-state index in [4.69, 9.17) is 10.5 Å². The van der Waals surface area contributed by atoms with E-state index >= 15 is 0 Å². The highest BCUT2D eigenvalue weighted by atomic mass is 16.5. The van der Waals surface area contributed by atoms with Gasteiger partial charge in [-0.2, -0.15) is 0 Å². The van der Waals surface area contributed by atoms with Crippen molar-refractivity contribution in [1.82, 2.24) is 10.3 Å². The molecule has 1 amide bonds. The second-order valence-corrected chi connectivity index (χ2v) is 4.58. The number of nitrogens with zero attached hydrogens (tertiary/aromatic N) is 1. The average molecular weight is 249 g/mol. The van der Waals surface area contributed by atoms with Gasteiger partial charge in [-0.25, -0.2) is 0 Å². The maximum Gasteiger partial charge on any atom is 0.251 e. The highest BCUT2D eigenvalue weighted by molar-refractivity contribution is 5.94. The summed E-state index contributed by atoms with van der Waals surface area (Å²) in [5.41, 5.74) is 7.32. The molecule has 1 aliphatic carbocycles. The highest BCUT2D eigenvalue weighted by Crippen LogP contribution is 2.22. The molecular weight excluding hydrogens is 230 g/mol. The van der Waals surface area contributed by atoms with Crippen LogP contribution in [0, 0.1) is 6.92 Å². The van der Waals surface area contributed by atoms with Crippen LogP contribution in [-0.2, 0) is 4.74 Å². The van der Waals surface area contributed by atoms with Gasteiger partial charge in [-0.1, -0.05) is 0 Å². The lowest BCUT2D eigenvalue weighted by Crippen LogP contribution is -2.64. The Labute approximate surface area is 107 Å². The van der Waals surface area contributed by atoms with E-state index in [1.807, 2.05) is 13.8 Å². The Bertz CT molecular complexity index is 434. The summed E-state index contributed by atoms with van der Waals surface area (Å²) in [4.78, 5) is 16.1. The first kappa shape index (κ1) is 13.0. The minimum atomic E-state index is -0.120. The van der Waals surface area contributed by atoms with Crippen molar-refractivity contribution in [2.24, 2.45) is 5.73 Å². The number of aryl methyl sites for hydroxylation is 1. The van der Waals surface area contributed by atoms with E-state index in [1.165, 1.54) is 0 Å². The van der Waals surface area contributed by atoms with Gasteiger partial charge in [0, 0.05) is 30.1 Å². The molecule has 1 fully saturated rings. The zero-order chi connectivity index (χ0) is 13.1. The molecular formula is C13H19N3O2. The van der Waals surface area contributed by atoms with Crippen molar-refractivity contribution in [2.45, 2.75) is 38.5 Å². The van der Waals surface area contributed by atoms with Crippen LogP contribution in [0.2, 0.25) is 0 Å². The van der Waals surface area contributed by atoms with Gasteiger partial charge < -0.3 is 15.8 Å². The van der Waals surface area contributed by atoms with Crippen LogP contribution in [0.5, 0.6) is 0 Å². The van der Waals surface area contributed by atoms with Gasteiger partial charge in [-0.3, -0.25) is 9.78 Å². The van der Waals surface area contributed by atoms with E-state index in [2.05, 4.69) is 10.3 Å². The predicted molar refractivity (Wildman–Crippen MR) is 68.2 cm³/mol. The lowest BCUT2D eigenvalue weighted by molar-refractivity contribution is -0.0300. The topological polar surface area (TPSA) is 77.2 Å². The molecule has 0 aliphatic heterocycles. The van der Waals surface area contributed by atoms with Gasteiger partial charge in [0.15, 0.2) is 0 Å². The molecule has 0 radical (unpaired) electrons. The van der Waals surface area contributed by atoms with Crippen molar-refractivity contribution >= 4 is 5.91 Å². The fraction of sp³-hybridized carbons (Fsp3) is 0.538. The van der Waals surface area contributed by atoms with Crippen molar-refractivity contribution in [3.63, 3.8) is 0 Å². The Morgan fingerprint density at radius 1 is 1.67 bits per heavy atom. The standard InChI is InChI=1S/C13H19N3O2/c1-3-18-11-7-10(14)12(11)16-13(17)9-4-5-15-8(2)6-9/h4-6,10-12H,3,7,14H2,1-2H3,(H,16,17). The Kier molecular flexibility index (Phi) is 3.93. The number of aromatic nitrogens is 1. The lowest BCUT2D eigenvalue weighted by Gasteiger charge is -2.42. The zero-order valence-electron chi connectivity index (χ0n) is 10.7. The molecule has 5 nitrogen and oxygen atoms in total. The van der Waals surface area contributed by atoms with Crippen molar-refractivity contribution in [3.05, 3.63) is 29.6 Å². The number of nitrogens with two attached hydrogens (primary N) is 1. The second kappa shape index (κ2) is 5.46. The number of pyridine rings is 1. The zero-order valence-corrected chi connectivity index (χ0v) is 10.7. The van der Waals surface area contributed by atoms with Crippen LogP contribution in [0.3, 0.4) is 0 Å². The third kappa shape index (κ3) is 2.68. The first-order valence-corrected chi connectivity index (χ1v) is 6.22. The summed E-state index contributed by atoms with van der Waals surface area (Å²) in [6.07, 6.45) is 2.47. The number of nitrogens with one attached hydrogen (secondary N) is 1. The van der Waals surface area contributed by atoms with E-state index in [0.717, 1.165) is 12.1 Å². The summed E-state index contributed by atoms with van der Waals surface area (Å²) in [5, 5.41) is 2.93. The second-order valence-electron chi connectivity index (χ2n) is 4.58. The van der Waals surface area contributed by atoms with Crippen molar-refractivity contribution in [3.8, 4) is 0 Å². The molecule has 0 saturated heterocycles. The fourth-order valence-corrected chi connectivity index (χ4v) is 2.15. The molecule has 18 heavy (non-hydrogen) atoms. The maximum atomic E-state index is 12.0. The van der Waals surface area contributed by atoms with Crippen LogP contribution >= 0.6 is 0 Å². The van der Waals surface area contributed by atoms with E-state index < -0.39 is 0 Å². The minimum absolute atomic E-state index is 0.0200. The number of carbonyl (C=O) groups is 1. The summed E-state index contributed by atoms with van der Waals surface area (Å²) >= 11 is 0. The molecule has 1 heterocycles. The van der Waals surface area contributed by atoms with E-state index in [1.54, 1.807) is 18.3 Å². The van der Waals surface area contributed by atoms with E-state index in [-0.39, 0.29) is 24.1 Å². The third-order valence-electron chi connectivity index (χ3n) is 3.20. The molecule has 0 bridgehead atoms. The van der Waals surface area contributed by atoms with Gasteiger partial charge in [-0.15, -0.1) is 0 Å². The molecule has 1 aliphatic rings. The molecule has 98 valence electrons. The number of hydrogen-bond donors (Lipinski definition) is 2. The average Bonchev–Trinajstić information content (AvgIpc) is 2.35. The molecule has 1 saturated carbocycles. The van der Waals surface area contributed by atoms with Crippen molar-refractivity contribution in [1.29, 1.82) is 0 Å². The summed E-state index contributed by atoms with van der Waals surface area (Å²) in [6, 6.07) is 3.34. The first-order chi connectivity index (χ1) is 8.61. The summed E-state index contributed by atoms with van der Waals surface area (Å²) in [5.74, 6) is -0.120. The van der Waals surface area contributed by atoms with E-state index in [9.17, 15) is 4.79 Å². The Morgan fingerprint density at radius 3 is 3.06 bits per heavy atom. The number of rotatable bonds is 4. The van der Waals surface area contributed by atoms with E-state index in [0.29, 0.717) is 12.2 Å². The van der Waals surface area contributed by atoms with Gasteiger partial charge in [0.1, 0.15) is 0 Å². The van der Waals surface area contributed by atoms with Gasteiger partial charge in [0.05, 0.1) is 12.1 Å². The lowest BCUT2D eigenvalue weighted by atomic mass is 9.83. The Morgan fingerprint density at radius 2 is 2.44 bits per heavy atom. The first-order valence-electron chi connectivity index (χ1n) is 6.22. The van der Waals surface area contributed by atoms with Crippen LogP contribution in [0.1, 0.15) is 29.4 Å². The number of hydrogen-bond acceptors (Lipinski definition) is 4. The number of amides is 1. The summed E-state index contributed by atoms with van der Waals surface area (Å²) in [6.45, 7) is 4.43. The molecule has 2 rings (SSSR count). The van der Waals surface area contributed by atoms with Crippen LogP contribution in [-0.4, -0.2) is 35.7 Å². The largest absolute Gasteiger partial charge is 0.376 e. The normalized spacial score (nSPS) is 26.5. The molecule has 0 spiro atoms. The quantitative estimate of drug-likeness (QED) is 0.820. The van der Waals surface area contributed by atoms with Gasteiger partial charge in [0.25, 0.3) is 5.91 Å². The smallest absolute Gasteiger partial charge is 0.251 e. The maximum absolute atomic E-state index is 12.0. The van der Waals surface area contributed by atoms with Crippen LogP contribution in [0.25, 0.3) is 0 Å². The Balaban J connectivity index is 1.98. The number of ether oxygens (including phenoxy) is 1. The fourth-order valence-electron chi connectivity index (χ4n) is 2.15. The highest BCUT2D eigenvalue weighted by Gasteiger charge is 2.40. The van der Waals surface area contributed by atoms with Crippen LogP contribution in [0.15, 0.2) is 18.3 Å². The van der Waals surface area contributed by atoms with Crippen LogP contribution in [0.4, 0.5) is 0 Å². The van der Waals surface area contributed by atoms with Gasteiger partial charge in [0.2, 0.25) is 0 Å². The van der Waals surface area contributed by atoms with Crippen LogP contribution < -0.4 is 11.1 Å². The van der Waals surface area contributed by atoms with Crippen molar-refractivity contribution < 1.29 is 9.53 Å². The third-order valence-corrected chi connectivity index (χ3v) is 3.20. The monoisotopic (exact) mass is 249 g/mol. The number of carbonyl (C=O) groups excluding carboxylic acids is 1.